The Morgan fingerprint density at radius 2 is 2.14 bits per heavy atom. The van der Waals surface area contributed by atoms with E-state index in [1.807, 2.05) is 6.92 Å². The molecule has 2 fully saturated rings. The molecule has 0 saturated carbocycles. The molecule has 29 heavy (non-hydrogen) atoms. The predicted octanol–water partition coefficient (Wildman–Crippen LogP) is 2.72. The van der Waals surface area contributed by atoms with Crippen molar-refractivity contribution in [3.8, 4) is 0 Å². The summed E-state index contributed by atoms with van der Waals surface area (Å²) in [6.07, 6.45) is -2.24. The number of halogens is 3. The summed E-state index contributed by atoms with van der Waals surface area (Å²) in [5, 5.41) is 7.45. The quantitative estimate of drug-likeness (QED) is 0.827. The highest BCUT2D eigenvalue weighted by atomic mass is 19.4. The van der Waals surface area contributed by atoms with Gasteiger partial charge in [-0.1, -0.05) is 6.92 Å². The number of hydrogen-bond acceptors (Lipinski definition) is 4. The molecule has 1 N–H and O–H groups in total. The summed E-state index contributed by atoms with van der Waals surface area (Å²) in [6, 6.07) is -0.621. The number of aromatic nitrogens is 2. The van der Waals surface area contributed by atoms with Crippen LogP contribution in [-0.4, -0.2) is 63.7 Å². The molecule has 4 heterocycles. The zero-order valence-electron chi connectivity index (χ0n) is 16.6. The van der Waals surface area contributed by atoms with Crippen LogP contribution in [0.15, 0.2) is 6.07 Å². The van der Waals surface area contributed by atoms with Crippen LogP contribution < -0.4 is 5.32 Å². The van der Waals surface area contributed by atoms with E-state index in [2.05, 4.69) is 10.4 Å². The summed E-state index contributed by atoms with van der Waals surface area (Å²) in [5.41, 5.74) is 0.488. The number of rotatable bonds is 3. The molecule has 0 aromatic carbocycles. The average molecular weight is 413 g/mol. The second-order valence-corrected chi connectivity index (χ2v) is 8.31. The Hall–Kier alpha value is -2.26. The molecule has 3 aliphatic heterocycles. The topological polar surface area (TPSA) is 70.5 Å². The van der Waals surface area contributed by atoms with Gasteiger partial charge in [-0.2, -0.15) is 18.3 Å². The SMILES string of the molecule is CC[C@@H]1C[C@H](C(F)(F)F)n2nc([C@@H]3CCCN3C(=O)[C@H]3CC(=O)N(C)C3)cc2N1. The van der Waals surface area contributed by atoms with Gasteiger partial charge in [0.05, 0.1) is 17.7 Å². The molecule has 0 aliphatic carbocycles. The maximum absolute atomic E-state index is 13.6. The van der Waals surface area contributed by atoms with Crippen molar-refractivity contribution in [2.75, 3.05) is 25.5 Å². The number of amides is 2. The van der Waals surface area contributed by atoms with Crippen LogP contribution in [-0.2, 0) is 9.59 Å². The van der Waals surface area contributed by atoms with Gasteiger partial charge in [-0.25, -0.2) is 4.68 Å². The van der Waals surface area contributed by atoms with E-state index in [4.69, 9.17) is 0 Å². The summed E-state index contributed by atoms with van der Waals surface area (Å²) >= 11 is 0. The van der Waals surface area contributed by atoms with Crippen LogP contribution in [0.5, 0.6) is 0 Å². The van der Waals surface area contributed by atoms with Crippen molar-refractivity contribution in [1.82, 2.24) is 19.6 Å². The van der Waals surface area contributed by atoms with Gasteiger partial charge in [0.15, 0.2) is 6.04 Å². The third kappa shape index (κ3) is 3.57. The zero-order chi connectivity index (χ0) is 20.9. The van der Waals surface area contributed by atoms with E-state index in [0.29, 0.717) is 37.4 Å². The van der Waals surface area contributed by atoms with Crippen LogP contribution in [0.4, 0.5) is 19.0 Å². The lowest BCUT2D eigenvalue weighted by Gasteiger charge is -2.32. The number of anilines is 1. The molecule has 3 aliphatic rings. The monoisotopic (exact) mass is 413 g/mol. The first-order valence-corrected chi connectivity index (χ1v) is 10.2. The van der Waals surface area contributed by atoms with E-state index >= 15 is 0 Å². The molecular formula is C19H26F3N5O2. The standard InChI is InChI=1S/C19H26F3N5O2/c1-3-12-8-15(19(20,21)22)27-16(23-12)9-13(24-27)14-5-4-6-26(14)18(29)11-7-17(28)25(2)10-11/h9,11-12,14-15,23H,3-8,10H2,1-2H3/t11-,12+,14-,15+/m0/s1. The molecule has 4 atom stereocenters. The lowest BCUT2D eigenvalue weighted by molar-refractivity contribution is -0.173. The molecule has 10 heteroatoms. The molecule has 7 nitrogen and oxygen atoms in total. The maximum atomic E-state index is 13.6. The number of hydrogen-bond donors (Lipinski definition) is 1. The Morgan fingerprint density at radius 3 is 2.76 bits per heavy atom. The smallest absolute Gasteiger partial charge is 0.367 e. The fraction of sp³-hybridized carbons (Fsp3) is 0.737. The highest BCUT2D eigenvalue weighted by Crippen LogP contribution is 2.42. The second kappa shape index (κ2) is 7.21. The minimum Gasteiger partial charge on any atom is -0.367 e. The Balaban J connectivity index is 1.59. The molecule has 2 amide bonds. The van der Waals surface area contributed by atoms with Crippen molar-refractivity contribution < 1.29 is 22.8 Å². The minimum atomic E-state index is -4.38. The van der Waals surface area contributed by atoms with Gasteiger partial charge in [0.25, 0.3) is 0 Å². The van der Waals surface area contributed by atoms with Crippen molar-refractivity contribution in [2.24, 2.45) is 5.92 Å². The fourth-order valence-corrected chi connectivity index (χ4v) is 4.70. The van der Waals surface area contributed by atoms with Gasteiger partial charge in [0.2, 0.25) is 11.8 Å². The van der Waals surface area contributed by atoms with E-state index in [0.717, 1.165) is 11.1 Å². The van der Waals surface area contributed by atoms with Crippen molar-refractivity contribution in [2.45, 2.75) is 63.3 Å². The molecule has 0 radical (unpaired) electrons. The Bertz CT molecular complexity index is 808. The largest absolute Gasteiger partial charge is 0.410 e. The van der Waals surface area contributed by atoms with Gasteiger partial charge >= 0.3 is 6.18 Å². The average Bonchev–Trinajstić information content (AvgIpc) is 3.37. The van der Waals surface area contributed by atoms with E-state index in [1.165, 1.54) is 0 Å². The third-order valence-corrected chi connectivity index (χ3v) is 6.35. The molecular weight excluding hydrogens is 387 g/mol. The molecule has 160 valence electrons. The highest BCUT2D eigenvalue weighted by Gasteiger charge is 2.47. The van der Waals surface area contributed by atoms with Gasteiger partial charge in [0, 0.05) is 38.7 Å². The van der Waals surface area contributed by atoms with Crippen LogP contribution in [0.1, 0.15) is 56.8 Å². The molecule has 4 rings (SSSR count). The minimum absolute atomic E-state index is 0.0561. The normalized spacial score (nSPS) is 29.9. The number of nitrogens with zero attached hydrogens (tertiary/aromatic N) is 4. The number of carbonyl (C=O) groups excluding carboxylic acids is 2. The lowest BCUT2D eigenvalue weighted by atomic mass is 10.0. The highest BCUT2D eigenvalue weighted by molar-refractivity contribution is 5.89. The fourth-order valence-electron chi connectivity index (χ4n) is 4.70. The first-order chi connectivity index (χ1) is 13.7. The van der Waals surface area contributed by atoms with E-state index in [9.17, 15) is 22.8 Å². The van der Waals surface area contributed by atoms with Crippen LogP contribution in [0.25, 0.3) is 0 Å². The van der Waals surface area contributed by atoms with E-state index < -0.39 is 18.1 Å². The summed E-state index contributed by atoms with van der Waals surface area (Å²) < 4.78 is 41.9. The van der Waals surface area contributed by atoms with Crippen molar-refractivity contribution in [3.05, 3.63) is 11.8 Å². The molecule has 0 bridgehead atoms. The molecule has 0 spiro atoms. The van der Waals surface area contributed by atoms with Gasteiger partial charge in [-0.05, 0) is 25.7 Å². The summed E-state index contributed by atoms with van der Waals surface area (Å²) in [7, 11) is 1.67. The van der Waals surface area contributed by atoms with Crippen LogP contribution in [0, 0.1) is 5.92 Å². The third-order valence-electron chi connectivity index (χ3n) is 6.35. The molecule has 1 aromatic heterocycles. The molecule has 0 unspecified atom stereocenters. The first-order valence-electron chi connectivity index (χ1n) is 10.2. The van der Waals surface area contributed by atoms with Gasteiger partial charge < -0.3 is 15.1 Å². The van der Waals surface area contributed by atoms with E-state index in [1.54, 1.807) is 22.9 Å². The number of carbonyl (C=O) groups is 2. The lowest BCUT2D eigenvalue weighted by Crippen LogP contribution is -2.39. The number of likely N-dealkylation sites (tertiary alicyclic amines) is 2. The predicted molar refractivity (Wildman–Crippen MR) is 99.1 cm³/mol. The maximum Gasteiger partial charge on any atom is 0.410 e. The van der Waals surface area contributed by atoms with Gasteiger partial charge in [-0.3, -0.25) is 9.59 Å². The summed E-state index contributed by atoms with van der Waals surface area (Å²) in [5.74, 6) is -0.200. The Morgan fingerprint density at radius 1 is 1.38 bits per heavy atom. The van der Waals surface area contributed by atoms with Gasteiger partial charge in [-0.15, -0.1) is 0 Å². The zero-order valence-corrected chi connectivity index (χ0v) is 16.6. The molecule has 1 aromatic rings. The van der Waals surface area contributed by atoms with E-state index in [-0.39, 0.29) is 36.7 Å². The number of fused-ring (bicyclic) bond motifs is 1. The van der Waals surface area contributed by atoms with Crippen LogP contribution >= 0.6 is 0 Å². The van der Waals surface area contributed by atoms with Crippen LogP contribution in [0.3, 0.4) is 0 Å². The molecule has 2 saturated heterocycles. The number of alkyl halides is 3. The van der Waals surface area contributed by atoms with Crippen molar-refractivity contribution >= 4 is 17.6 Å². The summed E-state index contributed by atoms with van der Waals surface area (Å²) in [6.45, 7) is 2.78. The second-order valence-electron chi connectivity index (χ2n) is 8.31. The Kier molecular flexibility index (Phi) is 4.98. The van der Waals surface area contributed by atoms with Gasteiger partial charge in [0.1, 0.15) is 5.82 Å². The summed E-state index contributed by atoms with van der Waals surface area (Å²) in [4.78, 5) is 28.1. The van der Waals surface area contributed by atoms with Crippen molar-refractivity contribution in [3.63, 3.8) is 0 Å². The van der Waals surface area contributed by atoms with Crippen LogP contribution in [0.2, 0.25) is 0 Å². The first kappa shape index (κ1) is 20.0. The number of nitrogens with one attached hydrogen (secondary N) is 1. The Labute approximate surface area is 167 Å². The van der Waals surface area contributed by atoms with Crippen molar-refractivity contribution in [1.29, 1.82) is 0 Å².